The Morgan fingerprint density at radius 3 is 2.48 bits per heavy atom. The lowest BCUT2D eigenvalue weighted by atomic mass is 9.83. The zero-order chi connectivity index (χ0) is 31.2. The summed E-state index contributed by atoms with van der Waals surface area (Å²) in [6.07, 6.45) is -4.67. The zero-order valence-corrected chi connectivity index (χ0v) is 24.3. The van der Waals surface area contributed by atoms with Gasteiger partial charge in [0.2, 0.25) is 11.8 Å². The summed E-state index contributed by atoms with van der Waals surface area (Å²) in [7, 11) is 1.40. The second-order valence-corrected chi connectivity index (χ2v) is 12.1. The molecular weight excluding hydrogens is 619 g/mol. The Hall–Kier alpha value is -4.56. The lowest BCUT2D eigenvalue weighted by Gasteiger charge is -2.30. The molecule has 0 radical (unpaired) electrons. The van der Waals surface area contributed by atoms with Gasteiger partial charge < -0.3 is 19.8 Å². The van der Waals surface area contributed by atoms with Crippen LogP contribution in [0.2, 0.25) is 0 Å². The number of thiazole rings is 1. The van der Waals surface area contributed by atoms with Crippen LogP contribution in [0.1, 0.15) is 21.9 Å². The summed E-state index contributed by atoms with van der Waals surface area (Å²) in [5.41, 5.74) is -0.0578. The second kappa shape index (κ2) is 11.5. The monoisotopic (exact) mass is 641 g/mol. The summed E-state index contributed by atoms with van der Waals surface area (Å²) in [4.78, 5) is 55.9. The molecule has 3 amide bonds. The number of anilines is 2. The topological polar surface area (TPSA) is 118 Å². The minimum absolute atomic E-state index is 0.185. The number of carbonyl (C=O) groups excluding carboxylic acids is 3. The minimum atomic E-state index is -4.67. The van der Waals surface area contributed by atoms with Crippen molar-refractivity contribution in [3.8, 4) is 11.5 Å². The summed E-state index contributed by atoms with van der Waals surface area (Å²) in [5.74, 6) is -3.10. The third-order valence-corrected chi connectivity index (χ3v) is 9.62. The van der Waals surface area contributed by atoms with Crippen molar-refractivity contribution in [1.82, 2.24) is 4.98 Å². The van der Waals surface area contributed by atoms with E-state index in [2.05, 4.69) is 10.3 Å². The van der Waals surface area contributed by atoms with E-state index >= 15 is 0 Å². The molecule has 3 aromatic carbocycles. The highest BCUT2D eigenvalue weighted by Gasteiger charge is 2.56. The van der Waals surface area contributed by atoms with Crippen molar-refractivity contribution in [3.05, 3.63) is 98.5 Å². The molecule has 226 valence electrons. The van der Waals surface area contributed by atoms with Gasteiger partial charge in [-0.25, -0.2) is 4.90 Å². The molecule has 9 nitrogen and oxygen atoms in total. The molecule has 14 heteroatoms. The van der Waals surface area contributed by atoms with Gasteiger partial charge in [0.05, 0.1) is 29.3 Å². The van der Waals surface area contributed by atoms with Gasteiger partial charge in [-0.3, -0.25) is 19.2 Å². The van der Waals surface area contributed by atoms with Crippen LogP contribution in [-0.2, 0) is 20.6 Å². The van der Waals surface area contributed by atoms with Crippen LogP contribution in [-0.4, -0.2) is 41.7 Å². The Balaban J connectivity index is 1.32. The van der Waals surface area contributed by atoms with Gasteiger partial charge in [-0.05, 0) is 48.0 Å². The Morgan fingerprint density at radius 2 is 1.75 bits per heavy atom. The summed E-state index contributed by atoms with van der Waals surface area (Å²) in [5, 5.41) is 2.13. The van der Waals surface area contributed by atoms with E-state index in [4.69, 9.17) is 9.47 Å². The molecular formula is C30H22F3N3O6S2. The summed E-state index contributed by atoms with van der Waals surface area (Å²) in [6, 6.07) is 17.7. The number of fused-ring (bicyclic) bond motifs is 2. The number of thioether (sulfide) groups is 1. The molecule has 2 aliphatic heterocycles. The maximum absolute atomic E-state index is 13.9. The van der Waals surface area contributed by atoms with Crippen LogP contribution >= 0.6 is 23.1 Å². The third-order valence-electron chi connectivity index (χ3n) is 7.22. The van der Waals surface area contributed by atoms with Gasteiger partial charge >= 0.3 is 11.0 Å². The minimum Gasteiger partial charge on any atom is -0.493 e. The first-order valence-corrected chi connectivity index (χ1v) is 14.8. The number of aromatic amines is 1. The molecule has 0 saturated carbocycles. The summed E-state index contributed by atoms with van der Waals surface area (Å²) >= 11 is 1.91. The van der Waals surface area contributed by atoms with Gasteiger partial charge in [0, 0.05) is 16.5 Å². The number of benzene rings is 3. The van der Waals surface area contributed by atoms with Crippen LogP contribution in [0, 0.1) is 5.92 Å². The first-order valence-electron chi connectivity index (χ1n) is 13.2. The first kappa shape index (κ1) is 29.5. The van der Waals surface area contributed by atoms with Gasteiger partial charge in [-0.2, -0.15) is 13.2 Å². The van der Waals surface area contributed by atoms with Crippen LogP contribution in [0.3, 0.4) is 0 Å². The number of hydrogen-bond donors (Lipinski definition) is 2. The van der Waals surface area contributed by atoms with Crippen molar-refractivity contribution in [1.29, 1.82) is 0 Å². The van der Waals surface area contributed by atoms with Crippen molar-refractivity contribution >= 4 is 52.2 Å². The largest absolute Gasteiger partial charge is 0.493 e. The highest BCUT2D eigenvalue weighted by molar-refractivity contribution is 8.00. The maximum atomic E-state index is 13.9. The fourth-order valence-corrected chi connectivity index (χ4v) is 7.83. The highest BCUT2D eigenvalue weighted by atomic mass is 32.2. The van der Waals surface area contributed by atoms with Gasteiger partial charge in [-0.1, -0.05) is 53.4 Å². The fraction of sp³-hybridized carbons (Fsp3) is 0.200. The number of ether oxygens (including phenoxy) is 2. The van der Waals surface area contributed by atoms with Crippen molar-refractivity contribution < 1.29 is 37.0 Å². The number of H-pyrrole nitrogens is 1. The molecule has 4 aromatic rings. The van der Waals surface area contributed by atoms with E-state index in [1.54, 1.807) is 42.5 Å². The smallest absolute Gasteiger partial charge is 0.416 e. The number of para-hydroxylation sites is 1. The van der Waals surface area contributed by atoms with E-state index in [0.29, 0.717) is 21.2 Å². The molecule has 44 heavy (non-hydrogen) atoms. The number of imide groups is 1. The number of halogens is 3. The van der Waals surface area contributed by atoms with Gasteiger partial charge in [0.1, 0.15) is 5.25 Å². The first-order chi connectivity index (χ1) is 21.0. The number of rotatable bonds is 7. The van der Waals surface area contributed by atoms with E-state index in [0.717, 1.165) is 46.2 Å². The van der Waals surface area contributed by atoms with Crippen molar-refractivity contribution in [2.45, 2.75) is 22.4 Å². The lowest BCUT2D eigenvalue weighted by molar-refractivity contribution is -0.137. The number of aromatic nitrogens is 1. The Kier molecular flexibility index (Phi) is 7.72. The Labute approximate surface area is 256 Å². The number of nitrogens with one attached hydrogen (secondary N) is 2. The molecule has 3 heterocycles. The molecule has 0 aliphatic carbocycles. The summed E-state index contributed by atoms with van der Waals surface area (Å²) < 4.78 is 51.5. The van der Waals surface area contributed by atoms with Crippen LogP contribution < -0.4 is 24.6 Å². The van der Waals surface area contributed by atoms with Crippen LogP contribution in [0.15, 0.2) is 82.6 Å². The normalized spacial score (nSPS) is 19.4. The van der Waals surface area contributed by atoms with Crippen molar-refractivity contribution in [3.63, 3.8) is 0 Å². The number of carbonyl (C=O) groups is 3. The second-order valence-electron chi connectivity index (χ2n) is 9.92. The molecule has 2 N–H and O–H groups in total. The predicted octanol–water partition coefficient (Wildman–Crippen LogP) is 5.28. The lowest BCUT2D eigenvalue weighted by Crippen LogP contribution is -2.32. The van der Waals surface area contributed by atoms with Crippen molar-refractivity contribution in [2.75, 3.05) is 23.9 Å². The quantitative estimate of drug-likeness (QED) is 0.264. The molecule has 6 rings (SSSR count). The zero-order valence-electron chi connectivity index (χ0n) is 22.7. The van der Waals surface area contributed by atoms with Gasteiger partial charge in [0.15, 0.2) is 18.1 Å². The molecule has 1 saturated heterocycles. The standard InChI is InChI=1S/C30H22F3N3O6S2/c1-41-20-12-15(10-11-19(20)42-14-21(37)34-17-7-3-2-4-8-17)22-23-25(43-26-24(22)44-29(40)35-26)28(39)36(27(23)38)18-9-5-6-16(13-18)30(31,32)33/h2-13,22-23,25H,14H2,1H3,(H,34,37)(H,35,40). The Morgan fingerprint density at radius 1 is 0.977 bits per heavy atom. The van der Waals surface area contributed by atoms with E-state index in [-0.39, 0.29) is 28.7 Å². The molecule has 2 aliphatic rings. The third kappa shape index (κ3) is 5.46. The molecule has 3 atom stereocenters. The fourth-order valence-electron chi connectivity index (χ4n) is 5.31. The maximum Gasteiger partial charge on any atom is 0.416 e. The van der Waals surface area contributed by atoms with Crippen LogP contribution in [0.5, 0.6) is 11.5 Å². The number of hydrogen-bond acceptors (Lipinski definition) is 8. The van der Waals surface area contributed by atoms with Crippen molar-refractivity contribution in [2.24, 2.45) is 5.92 Å². The number of nitrogens with zero attached hydrogens (tertiary/aromatic N) is 1. The van der Waals surface area contributed by atoms with E-state index in [1.165, 1.54) is 13.2 Å². The molecule has 1 fully saturated rings. The van der Waals surface area contributed by atoms with E-state index in [1.807, 2.05) is 6.07 Å². The highest BCUT2D eigenvalue weighted by Crippen LogP contribution is 2.54. The molecule has 0 spiro atoms. The van der Waals surface area contributed by atoms with Gasteiger partial charge in [-0.15, -0.1) is 0 Å². The Bertz CT molecular complexity index is 1820. The molecule has 0 bridgehead atoms. The van der Waals surface area contributed by atoms with E-state index < -0.39 is 46.5 Å². The number of methoxy groups -OCH3 is 1. The number of amides is 3. The average molecular weight is 642 g/mol. The average Bonchev–Trinajstić information content (AvgIpc) is 3.50. The SMILES string of the molecule is COc1cc(C2c3sc(=O)[nH]c3SC3C(=O)N(c4cccc(C(F)(F)F)c4)C(=O)C32)ccc1OCC(=O)Nc1ccccc1. The van der Waals surface area contributed by atoms with Gasteiger partial charge in [0.25, 0.3) is 5.91 Å². The molecule has 3 unspecified atom stereocenters. The van der Waals surface area contributed by atoms with E-state index in [9.17, 15) is 32.3 Å². The number of alkyl halides is 3. The summed E-state index contributed by atoms with van der Waals surface area (Å²) in [6.45, 7) is -0.322. The molecule has 1 aromatic heterocycles. The predicted molar refractivity (Wildman–Crippen MR) is 157 cm³/mol. The van der Waals surface area contributed by atoms with Crippen LogP contribution in [0.4, 0.5) is 24.5 Å². The van der Waals surface area contributed by atoms with Crippen LogP contribution in [0.25, 0.3) is 0 Å².